The number of ether oxygens (including phenoxy) is 5. The molecule has 0 radical (unpaired) electrons. The molecule has 218 valence electrons. The summed E-state index contributed by atoms with van der Waals surface area (Å²) in [7, 11) is 6.40. The van der Waals surface area contributed by atoms with Crippen molar-refractivity contribution in [2.45, 2.75) is 45.0 Å². The predicted molar refractivity (Wildman–Crippen MR) is 152 cm³/mol. The van der Waals surface area contributed by atoms with Gasteiger partial charge in [-0.05, 0) is 59.5 Å². The van der Waals surface area contributed by atoms with Gasteiger partial charge in [0.15, 0.2) is 28.8 Å². The lowest BCUT2D eigenvalue weighted by Crippen LogP contribution is -2.30. The van der Waals surface area contributed by atoms with Gasteiger partial charge in [0.25, 0.3) is 5.56 Å². The second-order valence-electron chi connectivity index (χ2n) is 9.98. The van der Waals surface area contributed by atoms with Crippen LogP contribution < -0.4 is 24.5 Å². The second-order valence-corrected chi connectivity index (χ2v) is 9.98. The summed E-state index contributed by atoms with van der Waals surface area (Å²) in [6, 6.07) is 11.4. The van der Waals surface area contributed by atoms with Crippen molar-refractivity contribution in [3.8, 4) is 23.0 Å². The van der Waals surface area contributed by atoms with Crippen LogP contribution in [-0.2, 0) is 30.8 Å². The van der Waals surface area contributed by atoms with Gasteiger partial charge >= 0.3 is 0 Å². The molecular formula is C29H36N6O6. The topological polar surface area (TPSA) is 126 Å². The average molecular weight is 565 g/mol. The van der Waals surface area contributed by atoms with Crippen LogP contribution in [0.2, 0.25) is 0 Å². The third-order valence-electron chi connectivity index (χ3n) is 7.36. The predicted octanol–water partition coefficient (Wildman–Crippen LogP) is 2.97. The van der Waals surface area contributed by atoms with Gasteiger partial charge in [0.2, 0.25) is 0 Å². The van der Waals surface area contributed by atoms with Gasteiger partial charge < -0.3 is 28.7 Å². The molecule has 0 aliphatic carbocycles. The molecule has 0 unspecified atom stereocenters. The van der Waals surface area contributed by atoms with Crippen LogP contribution in [-0.4, -0.2) is 77.8 Å². The van der Waals surface area contributed by atoms with Crippen LogP contribution in [0.25, 0.3) is 10.9 Å². The zero-order valence-electron chi connectivity index (χ0n) is 23.9. The lowest BCUT2D eigenvalue weighted by molar-refractivity contribution is 0.0916. The summed E-state index contributed by atoms with van der Waals surface area (Å²) >= 11 is 0. The zero-order chi connectivity index (χ0) is 28.8. The molecule has 1 fully saturated rings. The molecule has 1 aliphatic rings. The van der Waals surface area contributed by atoms with E-state index in [0.29, 0.717) is 66.7 Å². The van der Waals surface area contributed by atoms with Crippen molar-refractivity contribution in [1.29, 1.82) is 0 Å². The first-order valence-electron chi connectivity index (χ1n) is 13.6. The van der Waals surface area contributed by atoms with E-state index < -0.39 is 0 Å². The number of nitrogens with zero attached hydrogens (tertiary/aromatic N) is 5. The van der Waals surface area contributed by atoms with E-state index >= 15 is 0 Å². The van der Waals surface area contributed by atoms with Crippen molar-refractivity contribution in [2.24, 2.45) is 0 Å². The van der Waals surface area contributed by atoms with E-state index in [4.69, 9.17) is 23.7 Å². The first-order chi connectivity index (χ1) is 20.0. The van der Waals surface area contributed by atoms with Crippen LogP contribution in [0.15, 0.2) is 41.2 Å². The van der Waals surface area contributed by atoms with Crippen LogP contribution in [0.1, 0.15) is 29.8 Å². The second kappa shape index (κ2) is 13.0. The van der Waals surface area contributed by atoms with E-state index in [9.17, 15) is 4.79 Å². The van der Waals surface area contributed by atoms with E-state index in [1.165, 1.54) is 0 Å². The lowest BCUT2D eigenvalue weighted by Gasteiger charge is -2.22. The number of hydrogen-bond donors (Lipinski definition) is 1. The van der Waals surface area contributed by atoms with Crippen molar-refractivity contribution in [2.75, 3.05) is 41.6 Å². The minimum atomic E-state index is -0.167. The summed E-state index contributed by atoms with van der Waals surface area (Å²) in [6.45, 7) is 2.85. The minimum Gasteiger partial charge on any atom is -0.493 e. The Morgan fingerprint density at radius 1 is 0.976 bits per heavy atom. The maximum absolute atomic E-state index is 13.2. The molecule has 2 aromatic heterocycles. The largest absolute Gasteiger partial charge is 0.493 e. The number of rotatable bonds is 13. The third-order valence-corrected chi connectivity index (χ3v) is 7.36. The molecule has 0 spiro atoms. The standard InChI is InChI=1S/C29H36N6O6/c1-37-24-8-7-19(12-25(24)38-2)9-10-34(18-28-31-32-33-35(28)17-22-6-5-11-41-22)16-21-13-20-14-26(39-3)27(40-4)15-23(20)30-29(21)36/h7-8,12-15,22H,5-6,9-11,16-18H2,1-4H3,(H,30,36)/t22-/m1/s1. The number of methoxy groups -OCH3 is 4. The number of benzene rings is 2. The first kappa shape index (κ1) is 28.4. The molecule has 41 heavy (non-hydrogen) atoms. The smallest absolute Gasteiger partial charge is 0.252 e. The highest BCUT2D eigenvalue weighted by molar-refractivity contribution is 5.83. The molecule has 4 aromatic rings. The molecule has 1 N–H and O–H groups in total. The molecule has 2 aromatic carbocycles. The van der Waals surface area contributed by atoms with E-state index in [2.05, 4.69) is 25.4 Å². The number of H-pyrrole nitrogens is 1. The van der Waals surface area contributed by atoms with Gasteiger partial charge in [-0.15, -0.1) is 5.10 Å². The van der Waals surface area contributed by atoms with Crippen molar-refractivity contribution in [3.63, 3.8) is 0 Å². The fourth-order valence-electron chi connectivity index (χ4n) is 5.13. The Morgan fingerprint density at radius 3 is 2.46 bits per heavy atom. The molecule has 5 rings (SSSR count). The van der Waals surface area contributed by atoms with Crippen LogP contribution in [0.3, 0.4) is 0 Å². The fraction of sp³-hybridized carbons (Fsp3) is 0.448. The minimum absolute atomic E-state index is 0.104. The highest BCUT2D eigenvalue weighted by atomic mass is 16.5. The summed E-state index contributed by atoms with van der Waals surface area (Å²) in [4.78, 5) is 18.4. The van der Waals surface area contributed by atoms with E-state index in [1.807, 2.05) is 30.3 Å². The molecule has 1 atom stereocenters. The zero-order valence-corrected chi connectivity index (χ0v) is 23.9. The van der Waals surface area contributed by atoms with Gasteiger partial charge in [0, 0.05) is 36.7 Å². The summed E-state index contributed by atoms with van der Waals surface area (Å²) < 4.78 is 29.4. The Labute approximate surface area is 238 Å². The van der Waals surface area contributed by atoms with Gasteiger partial charge in [-0.25, -0.2) is 4.68 Å². The first-order valence-corrected chi connectivity index (χ1v) is 13.6. The molecule has 0 bridgehead atoms. The van der Waals surface area contributed by atoms with Gasteiger partial charge in [-0.2, -0.15) is 0 Å². The third kappa shape index (κ3) is 6.60. The van der Waals surface area contributed by atoms with Crippen molar-refractivity contribution < 1.29 is 23.7 Å². The Bertz CT molecular complexity index is 1530. The Balaban J connectivity index is 1.42. The summed E-state index contributed by atoms with van der Waals surface area (Å²) in [5, 5.41) is 13.3. The molecule has 0 amide bonds. The maximum Gasteiger partial charge on any atom is 0.252 e. The van der Waals surface area contributed by atoms with Crippen molar-refractivity contribution in [3.05, 3.63) is 63.7 Å². The average Bonchev–Trinajstić information content (AvgIpc) is 3.67. The number of fused-ring (bicyclic) bond motifs is 1. The molecule has 1 saturated heterocycles. The number of aromatic nitrogens is 5. The van der Waals surface area contributed by atoms with Crippen LogP contribution in [0, 0.1) is 0 Å². The van der Waals surface area contributed by atoms with E-state index in [1.54, 1.807) is 39.2 Å². The van der Waals surface area contributed by atoms with Gasteiger partial charge in [-0.3, -0.25) is 9.69 Å². The van der Waals surface area contributed by atoms with E-state index in [-0.39, 0.29) is 11.7 Å². The normalized spacial score (nSPS) is 15.0. The van der Waals surface area contributed by atoms with Crippen LogP contribution >= 0.6 is 0 Å². The van der Waals surface area contributed by atoms with Crippen molar-refractivity contribution >= 4 is 10.9 Å². The molecular weight excluding hydrogens is 528 g/mol. The SMILES string of the molecule is COc1ccc(CCN(Cc2cc3cc(OC)c(OC)cc3[nH]c2=O)Cc2nnnn2C[C@H]2CCCO2)cc1OC. The molecule has 1 aliphatic heterocycles. The quantitative estimate of drug-likeness (QED) is 0.259. The molecule has 12 heteroatoms. The van der Waals surface area contributed by atoms with Gasteiger partial charge in [-0.1, -0.05) is 6.07 Å². The van der Waals surface area contributed by atoms with Crippen LogP contribution in [0.4, 0.5) is 0 Å². The number of aromatic amines is 1. The Hall–Kier alpha value is -4.16. The Morgan fingerprint density at radius 2 is 1.73 bits per heavy atom. The number of tetrazole rings is 1. The number of pyridine rings is 1. The fourth-order valence-corrected chi connectivity index (χ4v) is 5.13. The highest BCUT2D eigenvalue weighted by Gasteiger charge is 2.21. The van der Waals surface area contributed by atoms with Crippen molar-refractivity contribution in [1.82, 2.24) is 30.1 Å². The lowest BCUT2D eigenvalue weighted by atomic mass is 10.1. The summed E-state index contributed by atoms with van der Waals surface area (Å²) in [6.07, 6.45) is 2.85. The summed E-state index contributed by atoms with van der Waals surface area (Å²) in [5.74, 6) is 3.22. The van der Waals surface area contributed by atoms with Crippen LogP contribution in [0.5, 0.6) is 23.0 Å². The molecule has 3 heterocycles. The van der Waals surface area contributed by atoms with Gasteiger partial charge in [0.05, 0.1) is 53.1 Å². The highest BCUT2D eigenvalue weighted by Crippen LogP contribution is 2.31. The summed E-state index contributed by atoms with van der Waals surface area (Å²) in [5.41, 5.74) is 2.21. The monoisotopic (exact) mass is 564 g/mol. The van der Waals surface area contributed by atoms with Gasteiger partial charge in [0.1, 0.15) is 0 Å². The Kier molecular flexibility index (Phi) is 9.00. The number of nitrogens with one attached hydrogen (secondary N) is 1. The number of hydrogen-bond acceptors (Lipinski definition) is 10. The molecule has 12 nitrogen and oxygen atoms in total. The van der Waals surface area contributed by atoms with E-state index in [0.717, 1.165) is 36.2 Å². The maximum atomic E-state index is 13.2. The molecule has 0 saturated carbocycles.